The molecule has 2 amide bonds. The molecule has 2 atom stereocenters. The van der Waals surface area contributed by atoms with E-state index < -0.39 is 17.7 Å². The van der Waals surface area contributed by atoms with Crippen LogP contribution in [0.15, 0.2) is 23.2 Å². The van der Waals surface area contributed by atoms with Gasteiger partial charge in [-0.3, -0.25) is 14.8 Å². The van der Waals surface area contributed by atoms with E-state index in [0.717, 1.165) is 37.2 Å². The number of nitrogens with one attached hydrogen (secondary N) is 1. The van der Waals surface area contributed by atoms with E-state index in [4.69, 9.17) is 5.26 Å². The Bertz CT molecular complexity index is 1090. The molecule has 3 aliphatic rings. The van der Waals surface area contributed by atoms with Crippen molar-refractivity contribution in [3.8, 4) is 12.3 Å². The Morgan fingerprint density at radius 1 is 1.00 bits per heavy atom. The van der Waals surface area contributed by atoms with Crippen LogP contribution in [0, 0.1) is 41.5 Å². The minimum Gasteiger partial charge on any atom is -0.368 e. The normalized spacial score (nSPS) is 22.7. The van der Waals surface area contributed by atoms with Crippen LogP contribution in [0.2, 0.25) is 0 Å². The van der Waals surface area contributed by atoms with Crippen LogP contribution in [0.1, 0.15) is 30.4 Å². The van der Waals surface area contributed by atoms with E-state index in [1.54, 1.807) is 16.4 Å². The number of likely N-dealkylation sites (tertiary alicyclic amines) is 2. The van der Waals surface area contributed by atoms with Gasteiger partial charge in [-0.15, -0.1) is 4.99 Å². The fourth-order valence-electron chi connectivity index (χ4n) is 5.56. The van der Waals surface area contributed by atoms with E-state index in [0.29, 0.717) is 50.7 Å². The lowest BCUT2D eigenvalue weighted by atomic mass is 9.83. The number of hydrogen-bond donors (Lipinski definition) is 2. The molecule has 11 heteroatoms. The van der Waals surface area contributed by atoms with Gasteiger partial charge in [-0.1, -0.05) is 0 Å². The Hall–Kier alpha value is -3.83. The standard InChI is InChI=1S/C25H32N8O3/c1-18-14-19(15-26)4-5-22(18)30-10-12-31(13-11-30)24(35)20-6-9-33(16-21(20)23(34)29-36)25(28-17-27)32-7-2-3-8-32/h4-5,14,20-21,36H,2-3,6-13,16H2,1H3,(H,29,34)/t20-,21-/m0/s1. The summed E-state index contributed by atoms with van der Waals surface area (Å²) in [5, 5.41) is 27.7. The van der Waals surface area contributed by atoms with Gasteiger partial charge in [0.15, 0.2) is 0 Å². The predicted octanol–water partition coefficient (Wildman–Crippen LogP) is 0.892. The second kappa shape index (κ2) is 11.3. The second-order valence-electron chi connectivity index (χ2n) is 9.56. The number of nitrogens with zero attached hydrogens (tertiary/aromatic N) is 7. The summed E-state index contributed by atoms with van der Waals surface area (Å²) in [6, 6.07) is 7.77. The first kappa shape index (κ1) is 25.3. The minimum atomic E-state index is -0.749. The number of benzene rings is 1. The van der Waals surface area contributed by atoms with Crippen molar-refractivity contribution in [1.82, 2.24) is 20.2 Å². The third-order valence-electron chi connectivity index (χ3n) is 7.46. The number of amides is 2. The highest BCUT2D eigenvalue weighted by Crippen LogP contribution is 2.29. The maximum Gasteiger partial charge on any atom is 0.249 e. The molecule has 3 aliphatic heterocycles. The number of aryl methyl sites for hydroxylation is 1. The molecule has 4 rings (SSSR count). The number of hydroxylamine groups is 1. The molecule has 36 heavy (non-hydrogen) atoms. The highest BCUT2D eigenvalue weighted by atomic mass is 16.5. The molecule has 1 aromatic carbocycles. The molecular formula is C25H32N8O3. The Kier molecular flexibility index (Phi) is 7.91. The number of carbonyl (C=O) groups excluding carboxylic acids is 2. The van der Waals surface area contributed by atoms with Gasteiger partial charge < -0.3 is 19.6 Å². The van der Waals surface area contributed by atoms with E-state index in [2.05, 4.69) is 16.0 Å². The summed E-state index contributed by atoms with van der Waals surface area (Å²) in [6.07, 6.45) is 4.35. The lowest BCUT2D eigenvalue weighted by Gasteiger charge is -2.43. The number of carbonyl (C=O) groups is 2. The SMILES string of the molecule is Cc1cc(C#N)ccc1N1CCN(C(=O)[C@H]2CCN(C(=NC#N)N3CCCC3)C[C@@H]2C(=O)NO)CC1. The van der Waals surface area contributed by atoms with Crippen molar-refractivity contribution in [2.75, 3.05) is 57.3 Å². The first-order valence-corrected chi connectivity index (χ1v) is 12.4. The Labute approximate surface area is 211 Å². The van der Waals surface area contributed by atoms with Crippen molar-refractivity contribution in [2.45, 2.75) is 26.2 Å². The van der Waals surface area contributed by atoms with Crippen molar-refractivity contribution >= 4 is 23.5 Å². The summed E-state index contributed by atoms with van der Waals surface area (Å²) in [6.45, 7) is 6.67. The topological polar surface area (TPSA) is 139 Å². The molecule has 3 saturated heterocycles. The van der Waals surface area contributed by atoms with Crippen LogP contribution < -0.4 is 10.4 Å². The van der Waals surface area contributed by atoms with Crippen LogP contribution in [-0.2, 0) is 9.59 Å². The van der Waals surface area contributed by atoms with Gasteiger partial charge in [-0.05, 0) is 49.9 Å². The summed E-state index contributed by atoms with van der Waals surface area (Å²) < 4.78 is 0. The first-order chi connectivity index (χ1) is 17.5. The fourth-order valence-corrected chi connectivity index (χ4v) is 5.56. The number of guanidine groups is 1. The van der Waals surface area contributed by atoms with Gasteiger partial charge in [0.2, 0.25) is 24.0 Å². The zero-order valence-corrected chi connectivity index (χ0v) is 20.6. The van der Waals surface area contributed by atoms with Crippen molar-refractivity contribution < 1.29 is 14.8 Å². The molecule has 11 nitrogen and oxygen atoms in total. The molecule has 0 spiro atoms. The first-order valence-electron chi connectivity index (χ1n) is 12.4. The zero-order chi connectivity index (χ0) is 25.7. The summed E-state index contributed by atoms with van der Waals surface area (Å²) in [5.74, 6) is -1.44. The summed E-state index contributed by atoms with van der Waals surface area (Å²) in [4.78, 5) is 38.1. The van der Waals surface area contributed by atoms with E-state index in [1.807, 2.05) is 35.0 Å². The summed E-state index contributed by atoms with van der Waals surface area (Å²) in [5.41, 5.74) is 4.44. The van der Waals surface area contributed by atoms with Gasteiger partial charge in [0, 0.05) is 58.0 Å². The maximum absolute atomic E-state index is 13.5. The number of anilines is 1. The molecule has 190 valence electrons. The minimum absolute atomic E-state index is 0.0839. The van der Waals surface area contributed by atoms with Crippen LogP contribution >= 0.6 is 0 Å². The fraction of sp³-hybridized carbons (Fsp3) is 0.560. The largest absolute Gasteiger partial charge is 0.368 e. The molecule has 0 saturated carbocycles. The molecule has 0 aromatic heterocycles. The molecular weight excluding hydrogens is 460 g/mol. The van der Waals surface area contributed by atoms with Crippen molar-refractivity contribution in [1.29, 1.82) is 10.5 Å². The van der Waals surface area contributed by atoms with Gasteiger partial charge in [-0.25, -0.2) is 5.48 Å². The predicted molar refractivity (Wildman–Crippen MR) is 132 cm³/mol. The van der Waals surface area contributed by atoms with Crippen molar-refractivity contribution in [2.24, 2.45) is 16.8 Å². The number of piperazine rings is 1. The van der Waals surface area contributed by atoms with E-state index in [-0.39, 0.29) is 12.5 Å². The Morgan fingerprint density at radius 3 is 2.33 bits per heavy atom. The molecule has 3 heterocycles. The van der Waals surface area contributed by atoms with Crippen LogP contribution in [0.5, 0.6) is 0 Å². The summed E-state index contributed by atoms with van der Waals surface area (Å²) in [7, 11) is 0. The monoisotopic (exact) mass is 492 g/mol. The molecule has 0 radical (unpaired) electrons. The molecule has 1 aromatic rings. The van der Waals surface area contributed by atoms with Crippen LogP contribution in [0.25, 0.3) is 0 Å². The molecule has 0 aliphatic carbocycles. The molecule has 0 unspecified atom stereocenters. The van der Waals surface area contributed by atoms with Gasteiger partial charge >= 0.3 is 0 Å². The maximum atomic E-state index is 13.5. The quantitative estimate of drug-likeness (QED) is 0.209. The molecule has 2 N–H and O–H groups in total. The number of hydrogen-bond acceptors (Lipinski definition) is 7. The lowest BCUT2D eigenvalue weighted by molar-refractivity contribution is -0.147. The average molecular weight is 493 g/mol. The van der Waals surface area contributed by atoms with Gasteiger partial charge in [0.25, 0.3) is 0 Å². The van der Waals surface area contributed by atoms with E-state index in [9.17, 15) is 20.1 Å². The third kappa shape index (κ3) is 5.21. The number of nitriles is 2. The average Bonchev–Trinajstić information content (AvgIpc) is 3.45. The van der Waals surface area contributed by atoms with Gasteiger partial charge in [0.05, 0.1) is 23.5 Å². The number of rotatable bonds is 3. The number of aliphatic imine (C=N–C) groups is 1. The zero-order valence-electron chi connectivity index (χ0n) is 20.6. The third-order valence-corrected chi connectivity index (χ3v) is 7.46. The van der Waals surface area contributed by atoms with E-state index in [1.165, 1.54) is 0 Å². The Morgan fingerprint density at radius 2 is 1.72 bits per heavy atom. The summed E-state index contributed by atoms with van der Waals surface area (Å²) >= 11 is 0. The Balaban J connectivity index is 1.43. The highest BCUT2D eigenvalue weighted by molar-refractivity contribution is 5.89. The van der Waals surface area contributed by atoms with Crippen molar-refractivity contribution in [3.63, 3.8) is 0 Å². The van der Waals surface area contributed by atoms with Gasteiger partial charge in [0.1, 0.15) is 0 Å². The van der Waals surface area contributed by atoms with Crippen molar-refractivity contribution in [3.05, 3.63) is 29.3 Å². The second-order valence-corrected chi connectivity index (χ2v) is 9.56. The smallest absolute Gasteiger partial charge is 0.249 e. The van der Waals surface area contributed by atoms with Crippen LogP contribution in [0.4, 0.5) is 5.69 Å². The van der Waals surface area contributed by atoms with Gasteiger partial charge in [-0.2, -0.15) is 10.5 Å². The highest BCUT2D eigenvalue weighted by Gasteiger charge is 2.42. The molecule has 3 fully saturated rings. The number of piperidine rings is 1. The lowest BCUT2D eigenvalue weighted by Crippen LogP contribution is -2.57. The van der Waals surface area contributed by atoms with Crippen LogP contribution in [-0.4, -0.2) is 90.0 Å². The van der Waals surface area contributed by atoms with E-state index >= 15 is 0 Å². The van der Waals surface area contributed by atoms with Crippen LogP contribution in [0.3, 0.4) is 0 Å². The molecule has 0 bridgehead atoms.